The van der Waals surface area contributed by atoms with Gasteiger partial charge in [-0.15, -0.1) is 6.58 Å². The molecule has 66 heavy (non-hydrogen) atoms. The lowest BCUT2D eigenvalue weighted by atomic mass is 10.0. The molecule has 0 aromatic carbocycles. The van der Waals surface area contributed by atoms with Crippen molar-refractivity contribution in [1.29, 1.82) is 0 Å². The molecule has 0 aromatic rings. The molecular weight excluding hydrogens is 817 g/mol. The average molecular weight is 938 g/mol. The maximum Gasteiger partial charge on any atom is 0.306 e. The minimum absolute atomic E-state index is 0.0171. The van der Waals surface area contributed by atoms with E-state index in [-0.39, 0.29) is 23.9 Å². The van der Waals surface area contributed by atoms with Crippen LogP contribution in [0.1, 0.15) is 307 Å². The number of ketones is 2. The van der Waals surface area contributed by atoms with Crippen molar-refractivity contribution in [2.75, 3.05) is 26.3 Å². The minimum atomic E-state index is 0.0171. The second-order valence-corrected chi connectivity index (χ2v) is 18.8. The maximum atomic E-state index is 12.6. The van der Waals surface area contributed by atoms with Crippen LogP contribution in [0.2, 0.25) is 0 Å². The summed E-state index contributed by atoms with van der Waals surface area (Å²) in [5.74, 6) is 0.597. The summed E-state index contributed by atoms with van der Waals surface area (Å²) in [6, 6.07) is 0.679. The van der Waals surface area contributed by atoms with Gasteiger partial charge in [0.25, 0.3) is 0 Å². The van der Waals surface area contributed by atoms with Crippen molar-refractivity contribution in [3.05, 3.63) is 12.7 Å². The Balaban J connectivity index is -0.000000685. The zero-order chi connectivity index (χ0) is 50.2. The molecule has 1 aliphatic heterocycles. The molecule has 1 aliphatic rings. The summed E-state index contributed by atoms with van der Waals surface area (Å²) in [6.45, 7) is 27.4. The number of allylic oxidation sites excluding steroid dienone is 1. The van der Waals surface area contributed by atoms with Gasteiger partial charge >= 0.3 is 5.97 Å². The molecule has 7 heteroatoms. The number of likely N-dealkylation sites (tertiary alicyclic amines) is 1. The number of unbranched alkanes of at least 4 members (excludes halogenated alkanes) is 25. The summed E-state index contributed by atoms with van der Waals surface area (Å²) in [4.78, 5) is 36.3. The van der Waals surface area contributed by atoms with Crippen LogP contribution in [0.5, 0.6) is 0 Å². The van der Waals surface area contributed by atoms with Gasteiger partial charge in [0.15, 0.2) is 0 Å². The molecule has 1 rings (SSSR count). The van der Waals surface area contributed by atoms with E-state index < -0.39 is 0 Å². The normalized spacial score (nSPS) is 14.2. The topological polar surface area (TPSA) is 98.9 Å². The van der Waals surface area contributed by atoms with Gasteiger partial charge in [0.2, 0.25) is 0 Å². The Morgan fingerprint density at radius 2 is 0.985 bits per heavy atom. The van der Waals surface area contributed by atoms with Gasteiger partial charge in [0.05, 0.1) is 6.61 Å². The Bertz CT molecular complexity index is 958. The quantitative estimate of drug-likeness (QED) is 0.0369. The van der Waals surface area contributed by atoms with Crippen molar-refractivity contribution in [2.45, 2.75) is 325 Å². The number of Topliss-reactive ketones (excluding diaryl/α,β-unsaturated/α-hetero) is 2. The molecule has 0 radical (unpaired) electrons. The Morgan fingerprint density at radius 1 is 0.561 bits per heavy atom. The lowest BCUT2D eigenvalue weighted by Crippen LogP contribution is -2.34. The smallest absolute Gasteiger partial charge is 0.306 e. The number of hydrogen-bond donors (Lipinski definition) is 1. The van der Waals surface area contributed by atoms with E-state index in [9.17, 15) is 14.4 Å². The molecule has 0 amide bonds. The molecule has 2 atom stereocenters. The number of carbonyl (C=O) groups is 3. The highest BCUT2D eigenvalue weighted by Crippen LogP contribution is 2.20. The van der Waals surface area contributed by atoms with Gasteiger partial charge in [0.1, 0.15) is 17.7 Å². The van der Waals surface area contributed by atoms with Crippen molar-refractivity contribution < 1.29 is 23.9 Å². The number of rotatable bonds is 43. The van der Waals surface area contributed by atoms with E-state index in [2.05, 4.69) is 32.3 Å². The van der Waals surface area contributed by atoms with E-state index in [4.69, 9.17) is 15.2 Å². The highest BCUT2D eigenvalue weighted by Gasteiger charge is 2.29. The van der Waals surface area contributed by atoms with Crippen LogP contribution in [0.25, 0.3) is 0 Å². The fraction of sp³-hybridized carbons (Fsp3) is 0.915. The van der Waals surface area contributed by atoms with E-state index >= 15 is 0 Å². The van der Waals surface area contributed by atoms with Gasteiger partial charge in [-0.1, -0.05) is 203 Å². The van der Waals surface area contributed by atoms with Gasteiger partial charge in [-0.3, -0.25) is 9.69 Å². The summed E-state index contributed by atoms with van der Waals surface area (Å²) in [7, 11) is 0. The predicted octanol–water partition coefficient (Wildman–Crippen LogP) is 17.8. The highest BCUT2D eigenvalue weighted by atomic mass is 16.5. The molecule has 1 saturated heterocycles. The molecule has 2 N–H and O–H groups in total. The molecule has 1 heterocycles. The van der Waals surface area contributed by atoms with Crippen molar-refractivity contribution in [3.63, 3.8) is 0 Å². The molecule has 0 aromatic heterocycles. The molecular formula is C59H120N2O5. The Morgan fingerprint density at radius 3 is 1.44 bits per heavy atom. The molecule has 7 nitrogen and oxygen atoms in total. The van der Waals surface area contributed by atoms with Crippen molar-refractivity contribution in [1.82, 2.24) is 4.90 Å². The van der Waals surface area contributed by atoms with E-state index in [1.807, 2.05) is 40.7 Å². The first kappa shape index (κ1) is 71.0. The van der Waals surface area contributed by atoms with Crippen LogP contribution in [0.4, 0.5) is 0 Å². The third kappa shape index (κ3) is 58.6. The lowest BCUT2D eigenvalue weighted by Gasteiger charge is -2.24. The number of esters is 1. The summed E-state index contributed by atoms with van der Waals surface area (Å²) >= 11 is 0. The SMILES string of the molecule is C=CCCCCCCCCCCC.CC.CC.CCCC(C)=O.CCCCCCCCC(CCCCCCCC)OC(=O)CCCCCCCOC[C@@H]1CC(N)CN1CCCCCC(C)=O. The summed E-state index contributed by atoms with van der Waals surface area (Å²) in [5, 5.41) is 0. The second kappa shape index (κ2) is 61.4. The molecule has 1 fully saturated rings. The lowest BCUT2D eigenvalue weighted by molar-refractivity contribution is -0.150. The number of ether oxygens (including phenoxy) is 2. The maximum absolute atomic E-state index is 12.6. The van der Waals surface area contributed by atoms with Crippen LogP contribution in [0.15, 0.2) is 12.7 Å². The molecule has 0 aliphatic carbocycles. The summed E-state index contributed by atoms with van der Waals surface area (Å²) in [6.07, 6.45) is 46.3. The van der Waals surface area contributed by atoms with Gasteiger partial charge in [-0.05, 0) is 97.4 Å². The van der Waals surface area contributed by atoms with Crippen molar-refractivity contribution in [3.8, 4) is 0 Å². The highest BCUT2D eigenvalue weighted by molar-refractivity contribution is 5.75. The van der Waals surface area contributed by atoms with E-state index in [0.717, 1.165) is 110 Å². The van der Waals surface area contributed by atoms with Crippen molar-refractivity contribution in [2.24, 2.45) is 5.73 Å². The third-order valence-electron chi connectivity index (χ3n) is 12.2. The molecule has 1 unspecified atom stereocenters. The molecule has 0 spiro atoms. The minimum Gasteiger partial charge on any atom is -0.462 e. The first-order valence-corrected chi connectivity index (χ1v) is 29.0. The fourth-order valence-electron chi connectivity index (χ4n) is 8.32. The van der Waals surface area contributed by atoms with E-state index in [0.29, 0.717) is 24.7 Å². The second-order valence-electron chi connectivity index (χ2n) is 18.8. The van der Waals surface area contributed by atoms with Gasteiger partial charge < -0.3 is 24.8 Å². The number of nitrogens with zero attached hydrogens (tertiary/aromatic N) is 1. The van der Waals surface area contributed by atoms with Gasteiger partial charge in [-0.2, -0.15) is 0 Å². The first-order valence-electron chi connectivity index (χ1n) is 29.0. The van der Waals surface area contributed by atoms with Crippen LogP contribution in [0.3, 0.4) is 0 Å². The standard InChI is InChI=1S/C37H72N2O4.C13H26.C5H10O.2C2H6/c1-4-6-8-10-13-19-25-36(26-20-14-11-9-7-5-2)43-37(41)27-21-15-12-16-23-29-42-32-35-30-34(38)31-39(35)28-22-17-18-24-33(3)40;1-3-5-7-9-11-13-12-10-8-6-4-2;1-3-4-5(2)6;2*1-2/h34-36H,4-32,38H2,1-3H3;3H,1,4-13H2,2H3;3-4H2,1-2H3;2*1-2H3/t34?,35-;;;;/m0..../s1. The van der Waals surface area contributed by atoms with Crippen LogP contribution in [0, 0.1) is 0 Å². The first-order chi connectivity index (χ1) is 32.1. The molecule has 0 saturated carbocycles. The van der Waals surface area contributed by atoms with Gasteiger partial charge in [-0.25, -0.2) is 0 Å². The van der Waals surface area contributed by atoms with Crippen LogP contribution >= 0.6 is 0 Å². The monoisotopic (exact) mass is 937 g/mol. The van der Waals surface area contributed by atoms with Crippen LogP contribution in [-0.2, 0) is 23.9 Å². The Hall–Kier alpha value is -1.57. The summed E-state index contributed by atoms with van der Waals surface area (Å²) in [5.41, 5.74) is 6.24. The Kier molecular flexibility index (Phi) is 66.1. The average Bonchev–Trinajstić information content (AvgIpc) is 3.67. The number of carbonyl (C=O) groups excluding carboxylic acids is 3. The number of nitrogens with two attached hydrogens (primary N) is 1. The molecule has 396 valence electrons. The Labute approximate surface area is 414 Å². The summed E-state index contributed by atoms with van der Waals surface area (Å²) < 4.78 is 12.0. The van der Waals surface area contributed by atoms with Crippen LogP contribution in [-0.4, -0.2) is 66.9 Å². The fourth-order valence-corrected chi connectivity index (χ4v) is 8.32. The number of hydrogen-bond acceptors (Lipinski definition) is 7. The van der Waals surface area contributed by atoms with E-state index in [1.165, 1.54) is 141 Å². The van der Waals surface area contributed by atoms with Crippen LogP contribution < -0.4 is 5.73 Å². The van der Waals surface area contributed by atoms with E-state index in [1.54, 1.807) is 13.8 Å². The third-order valence-corrected chi connectivity index (χ3v) is 12.2. The zero-order valence-electron chi connectivity index (χ0n) is 46.6. The zero-order valence-corrected chi connectivity index (χ0v) is 46.6. The van der Waals surface area contributed by atoms with Crippen molar-refractivity contribution >= 4 is 17.5 Å². The van der Waals surface area contributed by atoms with Gasteiger partial charge in [0, 0.05) is 44.5 Å². The molecule has 0 bridgehead atoms. The largest absolute Gasteiger partial charge is 0.462 e. The predicted molar refractivity (Wildman–Crippen MR) is 292 cm³/mol.